The minimum atomic E-state index is -4.48. The topological polar surface area (TPSA) is 26.3 Å². The highest BCUT2D eigenvalue weighted by Gasteiger charge is 2.29. The Hall–Kier alpha value is -1.22. The van der Waals surface area contributed by atoms with E-state index in [1.807, 2.05) is 5.73 Å². The molecule has 0 unspecified atom stereocenters. The molecule has 0 aliphatic rings. The maximum atomic E-state index is 11.3. The predicted molar refractivity (Wildman–Crippen MR) is 30.7 cm³/mol. The van der Waals surface area contributed by atoms with Crippen LogP contribution in [0.4, 0.5) is 13.2 Å². The Balaban J connectivity index is 3.72. The van der Waals surface area contributed by atoms with Crippen molar-refractivity contribution in [1.29, 1.82) is 0 Å². The molecule has 0 rings (SSSR count). The lowest BCUT2D eigenvalue weighted by molar-refractivity contribution is -0.182. The summed E-state index contributed by atoms with van der Waals surface area (Å²) in [5, 5.41) is 0. The van der Waals surface area contributed by atoms with E-state index < -0.39 is 18.8 Å². The molecule has 2 nitrogen and oxygen atoms in total. The molecule has 0 bridgehead atoms. The minimum Gasteiger partial charge on any atom is -0.452 e. The average Bonchev–Trinajstić information content (AvgIpc) is 1.83. The van der Waals surface area contributed by atoms with Crippen molar-refractivity contribution in [3.63, 3.8) is 0 Å². The first-order chi connectivity index (χ1) is 4.95. The second-order valence-corrected chi connectivity index (χ2v) is 1.57. The molecule has 0 aliphatic carbocycles. The summed E-state index contributed by atoms with van der Waals surface area (Å²) in [4.78, 5) is 10.2. The zero-order valence-electron chi connectivity index (χ0n) is 5.44. The molecular formula is C6H5F3O2. The van der Waals surface area contributed by atoms with Crippen LogP contribution in [0, 0.1) is 0 Å². The van der Waals surface area contributed by atoms with Crippen molar-refractivity contribution < 1.29 is 22.7 Å². The first-order valence-electron chi connectivity index (χ1n) is 2.55. The Morgan fingerprint density at radius 1 is 1.64 bits per heavy atom. The van der Waals surface area contributed by atoms with Gasteiger partial charge in [0.1, 0.15) is 0 Å². The molecule has 0 aliphatic heterocycles. The summed E-state index contributed by atoms with van der Waals surface area (Å²) in [6, 6.07) is 0. The standard InChI is InChI=1S/C6H5F3O2/c1-2-3-5(10)11-4-6(7,8)9/h3H,1,4H2. The summed E-state index contributed by atoms with van der Waals surface area (Å²) >= 11 is 0. The van der Waals surface area contributed by atoms with Gasteiger partial charge in [0, 0.05) is 0 Å². The predicted octanol–water partition coefficient (Wildman–Crippen LogP) is 1.43. The highest BCUT2D eigenvalue weighted by molar-refractivity contribution is 5.81. The van der Waals surface area contributed by atoms with Crippen LogP contribution in [0.3, 0.4) is 0 Å². The number of esters is 1. The molecule has 0 amide bonds. The van der Waals surface area contributed by atoms with E-state index in [1.54, 1.807) is 0 Å². The number of halogens is 3. The highest BCUT2D eigenvalue weighted by Crippen LogP contribution is 2.14. The second kappa shape index (κ2) is 3.83. The van der Waals surface area contributed by atoms with Gasteiger partial charge >= 0.3 is 12.1 Å². The molecule has 0 fully saturated rings. The normalized spacial score (nSPS) is 10.1. The van der Waals surface area contributed by atoms with E-state index in [-0.39, 0.29) is 0 Å². The van der Waals surface area contributed by atoms with Crippen LogP contribution in [0.5, 0.6) is 0 Å². The third kappa shape index (κ3) is 6.67. The van der Waals surface area contributed by atoms with E-state index in [4.69, 9.17) is 0 Å². The Bertz CT molecular complexity index is 188. The van der Waals surface area contributed by atoms with Crippen molar-refractivity contribution >= 4 is 5.97 Å². The molecule has 0 spiro atoms. The van der Waals surface area contributed by atoms with Gasteiger partial charge in [0.25, 0.3) is 0 Å². The number of alkyl halides is 3. The molecule has 0 aromatic heterocycles. The molecule has 0 saturated heterocycles. The summed E-state index contributed by atoms with van der Waals surface area (Å²) in [7, 11) is 0. The Kier molecular flexibility index (Phi) is 3.40. The molecule has 0 saturated carbocycles. The molecule has 0 aromatic rings. The zero-order chi connectivity index (χ0) is 8.91. The van der Waals surface area contributed by atoms with Crippen molar-refractivity contribution in [3.8, 4) is 0 Å². The first-order valence-corrected chi connectivity index (χ1v) is 2.55. The SMILES string of the molecule is C=C=CC(=O)OCC(F)(F)F. The molecule has 0 N–H and O–H groups in total. The summed E-state index contributed by atoms with van der Waals surface area (Å²) in [6.45, 7) is 1.40. The lowest BCUT2D eigenvalue weighted by Gasteiger charge is -2.04. The molecular weight excluding hydrogens is 161 g/mol. The van der Waals surface area contributed by atoms with Crippen molar-refractivity contribution in [2.45, 2.75) is 6.18 Å². The van der Waals surface area contributed by atoms with Gasteiger partial charge in [-0.15, -0.1) is 5.73 Å². The third-order valence-electron chi connectivity index (χ3n) is 0.598. The fraction of sp³-hybridized carbons (Fsp3) is 0.333. The van der Waals surface area contributed by atoms with Crippen LogP contribution in [0.15, 0.2) is 18.4 Å². The maximum absolute atomic E-state index is 11.3. The summed E-state index contributed by atoms with van der Waals surface area (Å²) < 4.78 is 37.7. The molecule has 0 radical (unpaired) electrons. The summed E-state index contributed by atoms with van der Waals surface area (Å²) in [5.41, 5.74) is 1.99. The van der Waals surface area contributed by atoms with Gasteiger partial charge in [-0.05, 0) is 0 Å². The first kappa shape index (κ1) is 9.78. The zero-order valence-corrected chi connectivity index (χ0v) is 5.44. The molecule has 5 heteroatoms. The number of hydrogen-bond donors (Lipinski definition) is 0. The van der Waals surface area contributed by atoms with Crippen LogP contribution in [0.25, 0.3) is 0 Å². The maximum Gasteiger partial charge on any atom is 0.422 e. The fourth-order valence-corrected chi connectivity index (χ4v) is 0.278. The summed E-state index contributed by atoms with van der Waals surface area (Å²) in [5.74, 6) is -1.10. The van der Waals surface area contributed by atoms with Gasteiger partial charge in [0.2, 0.25) is 0 Å². The molecule has 0 heterocycles. The van der Waals surface area contributed by atoms with Gasteiger partial charge in [0.05, 0.1) is 6.08 Å². The van der Waals surface area contributed by atoms with E-state index in [2.05, 4.69) is 11.3 Å². The quantitative estimate of drug-likeness (QED) is 0.352. The molecule has 0 aromatic carbocycles. The summed E-state index contributed by atoms with van der Waals surface area (Å²) in [6.07, 6.45) is -3.80. The number of rotatable bonds is 2. The highest BCUT2D eigenvalue weighted by atomic mass is 19.4. The van der Waals surface area contributed by atoms with Crippen LogP contribution in [-0.4, -0.2) is 18.8 Å². The number of carbonyl (C=O) groups excluding carboxylic acids is 1. The monoisotopic (exact) mass is 166 g/mol. The largest absolute Gasteiger partial charge is 0.452 e. The van der Waals surface area contributed by atoms with Crippen LogP contribution >= 0.6 is 0 Å². The van der Waals surface area contributed by atoms with E-state index in [0.717, 1.165) is 0 Å². The van der Waals surface area contributed by atoms with E-state index in [0.29, 0.717) is 6.08 Å². The molecule has 11 heavy (non-hydrogen) atoms. The van der Waals surface area contributed by atoms with Crippen molar-refractivity contribution in [1.82, 2.24) is 0 Å². The lowest BCUT2D eigenvalue weighted by atomic mass is 10.6. The third-order valence-corrected chi connectivity index (χ3v) is 0.598. The smallest absolute Gasteiger partial charge is 0.422 e. The van der Waals surface area contributed by atoms with E-state index in [1.165, 1.54) is 0 Å². The van der Waals surface area contributed by atoms with E-state index >= 15 is 0 Å². The van der Waals surface area contributed by atoms with E-state index in [9.17, 15) is 18.0 Å². The van der Waals surface area contributed by atoms with Crippen molar-refractivity contribution in [2.75, 3.05) is 6.61 Å². The fourth-order valence-electron chi connectivity index (χ4n) is 0.278. The molecule has 62 valence electrons. The van der Waals surface area contributed by atoms with Crippen LogP contribution in [0.1, 0.15) is 0 Å². The Morgan fingerprint density at radius 2 is 2.18 bits per heavy atom. The van der Waals surface area contributed by atoms with Crippen LogP contribution in [-0.2, 0) is 9.53 Å². The second-order valence-electron chi connectivity index (χ2n) is 1.57. The van der Waals surface area contributed by atoms with Crippen molar-refractivity contribution in [3.05, 3.63) is 18.4 Å². The number of hydrogen-bond acceptors (Lipinski definition) is 2. The van der Waals surface area contributed by atoms with Crippen LogP contribution < -0.4 is 0 Å². The Labute approximate surface area is 61.0 Å². The van der Waals surface area contributed by atoms with Crippen LogP contribution in [0.2, 0.25) is 0 Å². The van der Waals surface area contributed by atoms with Gasteiger partial charge in [-0.25, -0.2) is 4.79 Å². The van der Waals surface area contributed by atoms with Gasteiger partial charge in [-0.3, -0.25) is 0 Å². The van der Waals surface area contributed by atoms with Crippen molar-refractivity contribution in [2.24, 2.45) is 0 Å². The minimum absolute atomic E-state index is 0.686. The lowest BCUT2D eigenvalue weighted by Crippen LogP contribution is -2.19. The average molecular weight is 166 g/mol. The number of carbonyl (C=O) groups is 1. The molecule has 0 atom stereocenters. The van der Waals surface area contributed by atoms with Gasteiger partial charge in [-0.1, -0.05) is 6.58 Å². The Morgan fingerprint density at radius 3 is 2.55 bits per heavy atom. The van der Waals surface area contributed by atoms with Gasteiger partial charge in [0.15, 0.2) is 6.61 Å². The van der Waals surface area contributed by atoms with Gasteiger partial charge < -0.3 is 4.74 Å². The number of ether oxygens (including phenoxy) is 1. The van der Waals surface area contributed by atoms with Gasteiger partial charge in [-0.2, -0.15) is 13.2 Å².